The van der Waals surface area contributed by atoms with Crippen molar-refractivity contribution in [2.75, 3.05) is 17.7 Å². The Kier molecular flexibility index (Phi) is 5.91. The fourth-order valence-electron chi connectivity index (χ4n) is 3.66. The maximum absolute atomic E-state index is 13.3. The van der Waals surface area contributed by atoms with Crippen molar-refractivity contribution in [3.63, 3.8) is 0 Å². The Morgan fingerprint density at radius 3 is 2.27 bits per heavy atom. The van der Waals surface area contributed by atoms with E-state index in [9.17, 15) is 14.4 Å². The number of rotatable bonds is 5. The van der Waals surface area contributed by atoms with E-state index in [1.165, 1.54) is 11.6 Å². The van der Waals surface area contributed by atoms with Crippen LogP contribution in [0.3, 0.4) is 0 Å². The van der Waals surface area contributed by atoms with Crippen molar-refractivity contribution in [2.24, 2.45) is 0 Å². The Bertz CT molecular complexity index is 1430. The third-order valence-corrected chi connectivity index (χ3v) is 5.42. The lowest BCUT2D eigenvalue weighted by molar-refractivity contribution is 0.0991. The standard InChI is InChI=1S/C25H23N5O3/c1-16-19(13-14-20(27-16)18-11-7-4-8-12-18)24(32)29(2)21-22(26)30(25(33)28-23(21)31)15-17-9-5-3-6-10-17/h3-14H,15,26H2,1-2H3,(H,28,31,33). The average molecular weight is 441 g/mol. The van der Waals surface area contributed by atoms with Crippen molar-refractivity contribution in [3.05, 3.63) is 110 Å². The molecule has 2 aromatic heterocycles. The smallest absolute Gasteiger partial charge is 0.330 e. The number of nitrogen functional groups attached to an aromatic ring is 1. The number of nitrogens with two attached hydrogens (primary N) is 1. The third-order valence-electron chi connectivity index (χ3n) is 5.42. The monoisotopic (exact) mass is 441 g/mol. The van der Waals surface area contributed by atoms with Gasteiger partial charge in [0.15, 0.2) is 5.69 Å². The van der Waals surface area contributed by atoms with Crippen LogP contribution in [0.1, 0.15) is 21.6 Å². The van der Waals surface area contributed by atoms with Gasteiger partial charge in [-0.3, -0.25) is 24.1 Å². The highest BCUT2D eigenvalue weighted by atomic mass is 16.2. The highest BCUT2D eigenvalue weighted by Crippen LogP contribution is 2.22. The summed E-state index contributed by atoms with van der Waals surface area (Å²) < 4.78 is 1.24. The van der Waals surface area contributed by atoms with Crippen LogP contribution in [0.4, 0.5) is 11.5 Å². The number of nitrogens with one attached hydrogen (secondary N) is 1. The minimum Gasteiger partial charge on any atom is -0.383 e. The summed E-state index contributed by atoms with van der Waals surface area (Å²) in [7, 11) is 1.45. The number of anilines is 2. The number of aromatic amines is 1. The first-order valence-corrected chi connectivity index (χ1v) is 10.3. The molecule has 0 saturated heterocycles. The molecule has 0 spiro atoms. The van der Waals surface area contributed by atoms with E-state index in [4.69, 9.17) is 5.73 Å². The van der Waals surface area contributed by atoms with Crippen molar-refractivity contribution in [2.45, 2.75) is 13.5 Å². The van der Waals surface area contributed by atoms with Gasteiger partial charge in [-0.25, -0.2) is 4.79 Å². The average Bonchev–Trinajstić information content (AvgIpc) is 2.82. The van der Waals surface area contributed by atoms with Crippen molar-refractivity contribution in [3.8, 4) is 11.3 Å². The predicted octanol–water partition coefficient (Wildman–Crippen LogP) is 2.81. The second kappa shape index (κ2) is 8.96. The SMILES string of the molecule is Cc1nc(-c2ccccc2)ccc1C(=O)N(C)c1c(N)n(Cc2ccccc2)c(=O)[nH]c1=O. The number of amides is 1. The number of hydrogen-bond donors (Lipinski definition) is 2. The summed E-state index contributed by atoms with van der Waals surface area (Å²) in [5.41, 5.74) is 8.09. The zero-order valence-electron chi connectivity index (χ0n) is 18.3. The number of pyridine rings is 1. The minimum atomic E-state index is -0.732. The Labute approximate surface area is 190 Å². The van der Waals surface area contributed by atoms with E-state index in [1.807, 2.05) is 60.7 Å². The highest BCUT2D eigenvalue weighted by molar-refractivity contribution is 6.07. The lowest BCUT2D eigenvalue weighted by Gasteiger charge is -2.21. The maximum atomic E-state index is 13.3. The molecular weight excluding hydrogens is 418 g/mol. The molecule has 2 aromatic carbocycles. The largest absolute Gasteiger partial charge is 0.383 e. The lowest BCUT2D eigenvalue weighted by Crippen LogP contribution is -2.39. The minimum absolute atomic E-state index is 0.0880. The van der Waals surface area contributed by atoms with Gasteiger partial charge >= 0.3 is 5.69 Å². The van der Waals surface area contributed by atoms with Crippen LogP contribution in [-0.4, -0.2) is 27.5 Å². The second-order valence-corrected chi connectivity index (χ2v) is 7.62. The summed E-state index contributed by atoms with van der Waals surface area (Å²) in [5, 5.41) is 0. The first kappa shape index (κ1) is 21.8. The third kappa shape index (κ3) is 4.31. The van der Waals surface area contributed by atoms with E-state index in [2.05, 4.69) is 9.97 Å². The van der Waals surface area contributed by atoms with Gasteiger partial charge in [0, 0.05) is 12.6 Å². The number of carbonyl (C=O) groups is 1. The van der Waals surface area contributed by atoms with Gasteiger partial charge in [-0.05, 0) is 24.6 Å². The number of nitrogens with zero attached hydrogens (tertiary/aromatic N) is 3. The Morgan fingerprint density at radius 1 is 1.00 bits per heavy atom. The van der Waals surface area contributed by atoms with Crippen LogP contribution >= 0.6 is 0 Å². The van der Waals surface area contributed by atoms with Crippen LogP contribution in [0.5, 0.6) is 0 Å². The zero-order valence-corrected chi connectivity index (χ0v) is 18.3. The van der Waals surface area contributed by atoms with Crippen LogP contribution < -0.4 is 21.9 Å². The molecule has 8 heteroatoms. The topological polar surface area (TPSA) is 114 Å². The van der Waals surface area contributed by atoms with Crippen molar-refractivity contribution in [1.29, 1.82) is 0 Å². The van der Waals surface area contributed by atoms with Crippen LogP contribution in [0.15, 0.2) is 82.4 Å². The summed E-state index contributed by atoms with van der Waals surface area (Å²) in [6.07, 6.45) is 0. The molecule has 2 heterocycles. The molecule has 0 aliphatic heterocycles. The van der Waals surface area contributed by atoms with Crippen LogP contribution in [0.2, 0.25) is 0 Å². The molecule has 166 valence electrons. The van der Waals surface area contributed by atoms with E-state index < -0.39 is 17.2 Å². The number of benzene rings is 2. The molecule has 0 radical (unpaired) electrons. The van der Waals surface area contributed by atoms with Gasteiger partial charge in [-0.2, -0.15) is 0 Å². The first-order chi connectivity index (χ1) is 15.9. The molecule has 8 nitrogen and oxygen atoms in total. The zero-order chi connectivity index (χ0) is 23.5. The number of hydrogen-bond acceptors (Lipinski definition) is 5. The molecular formula is C25H23N5O3. The molecule has 0 atom stereocenters. The molecule has 4 aromatic rings. The van der Waals surface area contributed by atoms with Crippen LogP contribution in [-0.2, 0) is 6.54 Å². The maximum Gasteiger partial charge on any atom is 0.330 e. The number of H-pyrrole nitrogens is 1. The van der Waals surface area contributed by atoms with Crippen molar-refractivity contribution < 1.29 is 4.79 Å². The Hall–Kier alpha value is -4.46. The molecule has 0 unspecified atom stereocenters. The van der Waals surface area contributed by atoms with Gasteiger partial charge in [-0.15, -0.1) is 0 Å². The van der Waals surface area contributed by atoms with E-state index in [1.54, 1.807) is 19.1 Å². The lowest BCUT2D eigenvalue weighted by atomic mass is 10.1. The summed E-state index contributed by atoms with van der Waals surface area (Å²) in [6, 6.07) is 22.3. The number of aryl methyl sites for hydroxylation is 1. The Balaban J connectivity index is 1.70. The number of aromatic nitrogens is 3. The Morgan fingerprint density at radius 2 is 1.64 bits per heavy atom. The summed E-state index contributed by atoms with van der Waals surface area (Å²) >= 11 is 0. The highest BCUT2D eigenvalue weighted by Gasteiger charge is 2.23. The van der Waals surface area contributed by atoms with E-state index >= 15 is 0 Å². The number of carbonyl (C=O) groups excluding carboxylic acids is 1. The molecule has 0 aliphatic rings. The molecule has 33 heavy (non-hydrogen) atoms. The molecule has 3 N–H and O–H groups in total. The summed E-state index contributed by atoms with van der Waals surface area (Å²) in [4.78, 5) is 46.3. The van der Waals surface area contributed by atoms with Gasteiger partial charge in [0.05, 0.1) is 23.5 Å². The molecule has 0 aliphatic carbocycles. The molecule has 0 fully saturated rings. The quantitative estimate of drug-likeness (QED) is 0.494. The molecule has 1 amide bonds. The van der Waals surface area contributed by atoms with Gasteiger partial charge < -0.3 is 10.6 Å². The van der Waals surface area contributed by atoms with Crippen LogP contribution in [0, 0.1) is 6.92 Å². The van der Waals surface area contributed by atoms with Gasteiger partial charge in [0.1, 0.15) is 5.82 Å². The molecule has 0 bridgehead atoms. The fourth-order valence-corrected chi connectivity index (χ4v) is 3.66. The van der Waals surface area contributed by atoms with Crippen molar-refractivity contribution in [1.82, 2.24) is 14.5 Å². The first-order valence-electron chi connectivity index (χ1n) is 10.3. The van der Waals surface area contributed by atoms with Gasteiger partial charge in [-0.1, -0.05) is 60.7 Å². The fraction of sp³-hybridized carbons (Fsp3) is 0.120. The second-order valence-electron chi connectivity index (χ2n) is 7.62. The van der Waals surface area contributed by atoms with Gasteiger partial charge in [0.25, 0.3) is 11.5 Å². The van der Waals surface area contributed by atoms with E-state index in [0.29, 0.717) is 11.3 Å². The van der Waals surface area contributed by atoms with Crippen molar-refractivity contribution >= 4 is 17.4 Å². The summed E-state index contributed by atoms with van der Waals surface area (Å²) in [5.74, 6) is -0.545. The molecule has 4 rings (SSSR count). The molecule has 0 saturated carbocycles. The van der Waals surface area contributed by atoms with E-state index in [-0.39, 0.29) is 18.1 Å². The van der Waals surface area contributed by atoms with E-state index in [0.717, 1.165) is 21.7 Å². The van der Waals surface area contributed by atoms with Gasteiger partial charge in [0.2, 0.25) is 0 Å². The normalized spacial score (nSPS) is 10.7. The predicted molar refractivity (Wildman–Crippen MR) is 128 cm³/mol. The summed E-state index contributed by atoms with van der Waals surface area (Å²) in [6.45, 7) is 1.89. The van der Waals surface area contributed by atoms with Crippen LogP contribution in [0.25, 0.3) is 11.3 Å².